The van der Waals surface area contributed by atoms with Crippen molar-refractivity contribution in [3.05, 3.63) is 29.0 Å². The highest BCUT2D eigenvalue weighted by Gasteiger charge is 2.11. The molecule has 0 atom stereocenters. The molecule has 0 aliphatic carbocycles. The summed E-state index contributed by atoms with van der Waals surface area (Å²) in [6.45, 7) is 2.10. The van der Waals surface area contributed by atoms with Crippen molar-refractivity contribution in [1.82, 2.24) is 9.55 Å². The topological polar surface area (TPSA) is 58.7 Å². The fourth-order valence-corrected chi connectivity index (χ4v) is 2.04. The first kappa shape index (κ1) is 12.6. The number of carbonyl (C=O) groups excluding carboxylic acids is 1. The third-order valence-electron chi connectivity index (χ3n) is 2.71. The standard InChI is InChI=1S/C13H12ClN3O/c1-9(18)5-7-17-12-3-2-10(14)8-11(12)16-13(17)4-6-15/h2-3,8H,4-5,7H2,1H3. The zero-order chi connectivity index (χ0) is 13.1. The van der Waals surface area contributed by atoms with E-state index in [9.17, 15) is 4.79 Å². The van der Waals surface area contributed by atoms with Crippen LogP contribution in [0.25, 0.3) is 11.0 Å². The predicted molar refractivity (Wildman–Crippen MR) is 69.4 cm³/mol. The lowest BCUT2D eigenvalue weighted by Gasteiger charge is -2.05. The summed E-state index contributed by atoms with van der Waals surface area (Å²) in [7, 11) is 0. The second-order valence-electron chi connectivity index (χ2n) is 4.10. The maximum absolute atomic E-state index is 11.1. The number of rotatable bonds is 4. The molecule has 0 spiro atoms. The first-order valence-electron chi connectivity index (χ1n) is 5.63. The van der Waals surface area contributed by atoms with Crippen LogP contribution in [0.4, 0.5) is 0 Å². The number of carbonyl (C=O) groups is 1. The Morgan fingerprint density at radius 3 is 3.00 bits per heavy atom. The summed E-state index contributed by atoms with van der Waals surface area (Å²) < 4.78 is 1.91. The van der Waals surface area contributed by atoms with E-state index in [4.69, 9.17) is 16.9 Å². The van der Waals surface area contributed by atoms with Gasteiger partial charge in [-0.2, -0.15) is 5.26 Å². The number of hydrogen-bond acceptors (Lipinski definition) is 3. The lowest BCUT2D eigenvalue weighted by molar-refractivity contribution is -0.117. The zero-order valence-electron chi connectivity index (χ0n) is 9.98. The van der Waals surface area contributed by atoms with Crippen molar-refractivity contribution in [3.8, 4) is 6.07 Å². The van der Waals surface area contributed by atoms with Gasteiger partial charge in [0.25, 0.3) is 0 Å². The number of aryl methyl sites for hydroxylation is 1. The molecule has 0 saturated heterocycles. The minimum atomic E-state index is 0.119. The number of Topliss-reactive ketones (excluding diaryl/α,β-unsaturated/α-hetero) is 1. The van der Waals surface area contributed by atoms with Crippen LogP contribution in [0.3, 0.4) is 0 Å². The summed E-state index contributed by atoms with van der Waals surface area (Å²) in [6.07, 6.45) is 0.663. The van der Waals surface area contributed by atoms with Gasteiger partial charge in [0.15, 0.2) is 0 Å². The van der Waals surface area contributed by atoms with Gasteiger partial charge in [-0.1, -0.05) is 11.6 Å². The van der Waals surface area contributed by atoms with E-state index in [-0.39, 0.29) is 12.2 Å². The van der Waals surface area contributed by atoms with Gasteiger partial charge in [0.1, 0.15) is 11.6 Å². The lowest BCUT2D eigenvalue weighted by Crippen LogP contribution is -2.06. The highest BCUT2D eigenvalue weighted by atomic mass is 35.5. The van der Waals surface area contributed by atoms with Gasteiger partial charge in [-0.15, -0.1) is 0 Å². The van der Waals surface area contributed by atoms with Gasteiger partial charge in [-0.05, 0) is 25.1 Å². The lowest BCUT2D eigenvalue weighted by atomic mass is 10.3. The maximum Gasteiger partial charge on any atom is 0.131 e. The number of halogens is 1. The molecule has 5 heteroatoms. The third kappa shape index (κ3) is 2.52. The summed E-state index contributed by atoms with van der Waals surface area (Å²) in [5.74, 6) is 0.796. The fraction of sp³-hybridized carbons (Fsp3) is 0.308. The Bertz CT molecular complexity index is 639. The Kier molecular flexibility index (Phi) is 3.63. The molecule has 0 radical (unpaired) electrons. The Labute approximate surface area is 110 Å². The smallest absolute Gasteiger partial charge is 0.131 e. The number of hydrogen-bond donors (Lipinski definition) is 0. The summed E-state index contributed by atoms with van der Waals surface area (Å²) in [5, 5.41) is 9.42. The summed E-state index contributed by atoms with van der Waals surface area (Å²) in [4.78, 5) is 15.5. The van der Waals surface area contributed by atoms with Gasteiger partial charge in [0, 0.05) is 18.0 Å². The minimum absolute atomic E-state index is 0.119. The van der Waals surface area contributed by atoms with Crippen LogP contribution in [0.15, 0.2) is 18.2 Å². The molecule has 0 N–H and O–H groups in total. The molecule has 0 amide bonds. The average molecular weight is 262 g/mol. The number of benzene rings is 1. The summed E-state index contributed by atoms with van der Waals surface area (Å²) in [5.41, 5.74) is 1.67. The quantitative estimate of drug-likeness (QED) is 0.850. The van der Waals surface area contributed by atoms with Crippen LogP contribution < -0.4 is 0 Å². The van der Waals surface area contributed by atoms with Crippen molar-refractivity contribution in [2.45, 2.75) is 26.3 Å². The zero-order valence-corrected chi connectivity index (χ0v) is 10.7. The second-order valence-corrected chi connectivity index (χ2v) is 4.54. The van der Waals surface area contributed by atoms with E-state index in [1.54, 1.807) is 19.1 Å². The third-order valence-corrected chi connectivity index (χ3v) is 2.95. The largest absolute Gasteiger partial charge is 0.327 e. The van der Waals surface area contributed by atoms with E-state index in [1.165, 1.54) is 0 Å². The summed E-state index contributed by atoms with van der Waals surface area (Å²) in [6, 6.07) is 7.50. The van der Waals surface area contributed by atoms with Gasteiger partial charge in [-0.3, -0.25) is 4.79 Å². The number of aromatic nitrogens is 2. The van der Waals surface area contributed by atoms with Gasteiger partial charge >= 0.3 is 0 Å². The van der Waals surface area contributed by atoms with Crippen molar-refractivity contribution in [2.75, 3.05) is 0 Å². The monoisotopic (exact) mass is 261 g/mol. The molecule has 1 heterocycles. The van der Waals surface area contributed by atoms with Crippen LogP contribution >= 0.6 is 11.6 Å². The van der Waals surface area contributed by atoms with E-state index in [0.29, 0.717) is 23.8 Å². The Morgan fingerprint density at radius 1 is 1.56 bits per heavy atom. The normalized spacial score (nSPS) is 10.5. The number of ketones is 1. The molecule has 2 aromatic rings. The van der Waals surface area contributed by atoms with Crippen LogP contribution in [0.1, 0.15) is 19.2 Å². The van der Waals surface area contributed by atoms with Crippen LogP contribution in [0.2, 0.25) is 5.02 Å². The van der Waals surface area contributed by atoms with Crippen LogP contribution in [0.5, 0.6) is 0 Å². The number of nitriles is 1. The van der Waals surface area contributed by atoms with Crippen LogP contribution in [-0.2, 0) is 17.8 Å². The van der Waals surface area contributed by atoms with Gasteiger partial charge in [-0.25, -0.2) is 4.98 Å². The molecule has 2 rings (SSSR count). The Morgan fingerprint density at radius 2 is 2.33 bits per heavy atom. The molecule has 18 heavy (non-hydrogen) atoms. The first-order valence-corrected chi connectivity index (χ1v) is 6.00. The highest BCUT2D eigenvalue weighted by Crippen LogP contribution is 2.21. The second kappa shape index (κ2) is 5.19. The molecule has 1 aromatic carbocycles. The fourth-order valence-electron chi connectivity index (χ4n) is 1.88. The van der Waals surface area contributed by atoms with E-state index in [1.807, 2.05) is 10.6 Å². The van der Waals surface area contributed by atoms with E-state index in [0.717, 1.165) is 11.0 Å². The van der Waals surface area contributed by atoms with E-state index >= 15 is 0 Å². The molecule has 92 valence electrons. The number of imidazole rings is 1. The first-order chi connectivity index (χ1) is 8.61. The molecule has 0 unspecified atom stereocenters. The van der Waals surface area contributed by atoms with Crippen molar-refractivity contribution < 1.29 is 4.79 Å². The van der Waals surface area contributed by atoms with Gasteiger partial charge in [0.2, 0.25) is 0 Å². The Hall–Kier alpha value is -1.86. The van der Waals surface area contributed by atoms with Crippen molar-refractivity contribution in [2.24, 2.45) is 0 Å². The van der Waals surface area contributed by atoms with Crippen LogP contribution in [-0.4, -0.2) is 15.3 Å². The SMILES string of the molecule is CC(=O)CCn1c(CC#N)nc2cc(Cl)ccc21. The summed E-state index contributed by atoms with van der Waals surface area (Å²) >= 11 is 5.92. The molecule has 0 aliphatic rings. The van der Waals surface area contributed by atoms with Crippen molar-refractivity contribution in [1.29, 1.82) is 5.26 Å². The maximum atomic E-state index is 11.1. The van der Waals surface area contributed by atoms with Crippen molar-refractivity contribution >= 4 is 28.4 Å². The average Bonchev–Trinajstić information content (AvgIpc) is 2.63. The molecule has 0 saturated carbocycles. The Balaban J connectivity index is 2.48. The predicted octanol–water partition coefficient (Wildman–Crippen LogP) is 2.73. The van der Waals surface area contributed by atoms with E-state index in [2.05, 4.69) is 11.1 Å². The molecule has 0 fully saturated rings. The van der Waals surface area contributed by atoms with Gasteiger partial charge in [0.05, 0.1) is 23.5 Å². The van der Waals surface area contributed by atoms with Gasteiger partial charge < -0.3 is 4.57 Å². The molecular formula is C13H12ClN3O. The minimum Gasteiger partial charge on any atom is -0.327 e. The van der Waals surface area contributed by atoms with E-state index < -0.39 is 0 Å². The molecule has 1 aromatic heterocycles. The number of fused-ring (bicyclic) bond motifs is 1. The molecular weight excluding hydrogens is 250 g/mol. The number of nitrogens with zero attached hydrogens (tertiary/aromatic N) is 3. The highest BCUT2D eigenvalue weighted by molar-refractivity contribution is 6.31. The molecule has 0 aliphatic heterocycles. The van der Waals surface area contributed by atoms with Crippen LogP contribution in [0, 0.1) is 11.3 Å². The van der Waals surface area contributed by atoms with Crippen molar-refractivity contribution in [3.63, 3.8) is 0 Å². The molecule has 4 nitrogen and oxygen atoms in total. The molecule has 0 bridgehead atoms.